The number of carbonyl (C=O) groups excluding carboxylic acids is 2. The summed E-state index contributed by atoms with van der Waals surface area (Å²) in [7, 11) is 0. The van der Waals surface area contributed by atoms with Gasteiger partial charge in [-0.1, -0.05) is 36.4 Å². The van der Waals surface area contributed by atoms with Crippen LogP contribution in [0.3, 0.4) is 0 Å². The predicted molar refractivity (Wildman–Crippen MR) is 107 cm³/mol. The van der Waals surface area contributed by atoms with Crippen molar-refractivity contribution < 1.29 is 14.0 Å². The molecule has 1 aromatic heterocycles. The van der Waals surface area contributed by atoms with Crippen molar-refractivity contribution in [2.45, 2.75) is 0 Å². The van der Waals surface area contributed by atoms with Crippen LogP contribution >= 0.6 is 0 Å². The third kappa shape index (κ3) is 3.46. The van der Waals surface area contributed by atoms with Crippen molar-refractivity contribution >= 4 is 28.3 Å². The number of nitrogens with one attached hydrogen (secondary N) is 1. The average molecular weight is 369 g/mol. The minimum atomic E-state index is -0.676. The molecule has 28 heavy (non-hydrogen) atoms. The fourth-order valence-electron chi connectivity index (χ4n) is 2.87. The van der Waals surface area contributed by atoms with Gasteiger partial charge in [0.2, 0.25) is 0 Å². The zero-order valence-electron chi connectivity index (χ0n) is 14.7. The van der Waals surface area contributed by atoms with Gasteiger partial charge in [0.15, 0.2) is 5.78 Å². The van der Waals surface area contributed by atoms with Crippen molar-refractivity contribution in [1.82, 2.24) is 0 Å². The van der Waals surface area contributed by atoms with Gasteiger partial charge in [0.1, 0.15) is 11.1 Å². The molecule has 5 heteroatoms. The van der Waals surface area contributed by atoms with E-state index in [2.05, 4.69) is 5.32 Å². The molecule has 136 valence electrons. The van der Waals surface area contributed by atoms with Crippen LogP contribution in [0.4, 0.5) is 5.69 Å². The lowest BCUT2D eigenvalue weighted by molar-refractivity contribution is 0.102. The topological polar surface area (TPSA) is 76.4 Å². The normalized spacial score (nSPS) is 10.6. The Morgan fingerprint density at radius 1 is 0.750 bits per heavy atom. The quantitative estimate of drug-likeness (QED) is 0.430. The molecule has 0 aliphatic heterocycles. The summed E-state index contributed by atoms with van der Waals surface area (Å²) < 4.78 is 5.23. The van der Waals surface area contributed by atoms with E-state index in [-0.39, 0.29) is 11.5 Å². The highest BCUT2D eigenvalue weighted by atomic mass is 16.4. The van der Waals surface area contributed by atoms with Gasteiger partial charge in [0, 0.05) is 22.2 Å². The molecule has 1 amide bonds. The lowest BCUT2D eigenvalue weighted by Gasteiger charge is -2.06. The highest BCUT2D eigenvalue weighted by Gasteiger charge is 2.16. The number of anilines is 1. The zero-order valence-corrected chi connectivity index (χ0v) is 14.7. The molecular weight excluding hydrogens is 354 g/mol. The summed E-state index contributed by atoms with van der Waals surface area (Å²) in [5.41, 5.74) is 1.15. The van der Waals surface area contributed by atoms with Crippen LogP contribution in [-0.2, 0) is 0 Å². The third-order valence-corrected chi connectivity index (χ3v) is 4.33. The van der Waals surface area contributed by atoms with Gasteiger partial charge in [-0.05, 0) is 48.5 Å². The Balaban J connectivity index is 1.57. The zero-order chi connectivity index (χ0) is 19.5. The van der Waals surface area contributed by atoms with E-state index < -0.39 is 11.4 Å². The first-order chi connectivity index (χ1) is 13.6. The SMILES string of the molecule is O=C(Nc1ccc(C(=O)c2cc3ccccc3oc2=O)cc1)c1ccccc1. The van der Waals surface area contributed by atoms with Crippen LogP contribution in [0.1, 0.15) is 26.3 Å². The molecule has 0 aliphatic carbocycles. The van der Waals surface area contributed by atoms with E-state index in [0.29, 0.717) is 27.8 Å². The molecule has 0 atom stereocenters. The van der Waals surface area contributed by atoms with E-state index in [1.807, 2.05) is 6.07 Å². The predicted octanol–water partition coefficient (Wildman–Crippen LogP) is 4.28. The van der Waals surface area contributed by atoms with Crippen LogP contribution in [0.15, 0.2) is 94.1 Å². The lowest BCUT2D eigenvalue weighted by Crippen LogP contribution is -2.15. The molecule has 0 bridgehead atoms. The smallest absolute Gasteiger partial charge is 0.347 e. The number of rotatable bonds is 4. The molecule has 0 aliphatic rings. The van der Waals surface area contributed by atoms with E-state index in [9.17, 15) is 14.4 Å². The van der Waals surface area contributed by atoms with Gasteiger partial charge in [0.05, 0.1) is 0 Å². The van der Waals surface area contributed by atoms with E-state index in [0.717, 1.165) is 0 Å². The molecule has 0 unspecified atom stereocenters. The van der Waals surface area contributed by atoms with Gasteiger partial charge < -0.3 is 9.73 Å². The minimum absolute atomic E-state index is 0.0280. The average Bonchev–Trinajstić information content (AvgIpc) is 2.74. The van der Waals surface area contributed by atoms with Crippen LogP contribution in [0.5, 0.6) is 0 Å². The number of hydrogen-bond acceptors (Lipinski definition) is 4. The monoisotopic (exact) mass is 369 g/mol. The van der Waals surface area contributed by atoms with Crippen molar-refractivity contribution in [1.29, 1.82) is 0 Å². The molecule has 3 aromatic carbocycles. The summed E-state index contributed by atoms with van der Waals surface area (Å²) in [4.78, 5) is 37.1. The summed E-state index contributed by atoms with van der Waals surface area (Å²) in [6.45, 7) is 0. The highest BCUT2D eigenvalue weighted by Crippen LogP contribution is 2.17. The fraction of sp³-hybridized carbons (Fsp3) is 0. The fourth-order valence-corrected chi connectivity index (χ4v) is 2.87. The van der Waals surface area contributed by atoms with Crippen LogP contribution in [0, 0.1) is 0 Å². The van der Waals surface area contributed by atoms with E-state index in [1.54, 1.807) is 72.8 Å². The molecule has 0 fully saturated rings. The van der Waals surface area contributed by atoms with Crippen LogP contribution < -0.4 is 10.9 Å². The molecule has 4 rings (SSSR count). The summed E-state index contributed by atoms with van der Waals surface area (Å²) in [5.74, 6) is -0.671. The number of fused-ring (bicyclic) bond motifs is 1. The summed E-state index contributed by atoms with van der Waals surface area (Å²) in [6.07, 6.45) is 0. The Bertz CT molecular complexity index is 1220. The number of para-hydroxylation sites is 1. The first kappa shape index (κ1) is 17.4. The van der Waals surface area contributed by atoms with Crippen molar-refractivity contribution in [3.05, 3.63) is 112 Å². The van der Waals surface area contributed by atoms with Crippen molar-refractivity contribution in [3.63, 3.8) is 0 Å². The molecule has 1 heterocycles. The molecular formula is C23H15NO4. The molecule has 0 saturated heterocycles. The number of carbonyl (C=O) groups is 2. The largest absolute Gasteiger partial charge is 0.422 e. The minimum Gasteiger partial charge on any atom is -0.422 e. The highest BCUT2D eigenvalue weighted by molar-refractivity contribution is 6.10. The van der Waals surface area contributed by atoms with Gasteiger partial charge in [-0.2, -0.15) is 0 Å². The standard InChI is InChI=1S/C23H15NO4/c25-21(19-14-17-8-4-5-9-20(17)28-23(19)27)15-10-12-18(13-11-15)24-22(26)16-6-2-1-3-7-16/h1-14H,(H,24,26). The molecule has 0 saturated carbocycles. The molecule has 0 radical (unpaired) electrons. The Hall–Kier alpha value is -3.99. The second-order valence-corrected chi connectivity index (χ2v) is 6.21. The van der Waals surface area contributed by atoms with Gasteiger partial charge in [-0.3, -0.25) is 9.59 Å². The maximum absolute atomic E-state index is 12.7. The second kappa shape index (κ2) is 7.32. The van der Waals surface area contributed by atoms with E-state index in [4.69, 9.17) is 4.42 Å². The Kier molecular flexibility index (Phi) is 4.56. The molecule has 0 spiro atoms. The summed E-state index contributed by atoms with van der Waals surface area (Å²) in [5, 5.41) is 3.45. The van der Waals surface area contributed by atoms with Crippen molar-refractivity contribution in [2.75, 3.05) is 5.32 Å². The summed E-state index contributed by atoms with van der Waals surface area (Å²) >= 11 is 0. The first-order valence-corrected chi connectivity index (χ1v) is 8.66. The van der Waals surface area contributed by atoms with Gasteiger partial charge >= 0.3 is 5.63 Å². The Morgan fingerprint density at radius 2 is 1.43 bits per heavy atom. The third-order valence-electron chi connectivity index (χ3n) is 4.33. The summed E-state index contributed by atoms with van der Waals surface area (Å²) in [6, 6.07) is 23.8. The van der Waals surface area contributed by atoms with Gasteiger partial charge in [-0.15, -0.1) is 0 Å². The number of hydrogen-bond donors (Lipinski definition) is 1. The van der Waals surface area contributed by atoms with Crippen LogP contribution in [0.2, 0.25) is 0 Å². The van der Waals surface area contributed by atoms with E-state index >= 15 is 0 Å². The molecule has 4 aromatic rings. The van der Waals surface area contributed by atoms with Gasteiger partial charge in [0.25, 0.3) is 5.91 Å². The van der Waals surface area contributed by atoms with E-state index in [1.165, 1.54) is 6.07 Å². The number of amides is 1. The maximum Gasteiger partial charge on any atom is 0.347 e. The first-order valence-electron chi connectivity index (χ1n) is 8.66. The Morgan fingerprint density at radius 3 is 2.18 bits per heavy atom. The maximum atomic E-state index is 12.7. The molecule has 1 N–H and O–H groups in total. The van der Waals surface area contributed by atoms with Crippen molar-refractivity contribution in [2.24, 2.45) is 0 Å². The number of benzene rings is 3. The van der Waals surface area contributed by atoms with Crippen molar-refractivity contribution in [3.8, 4) is 0 Å². The van der Waals surface area contributed by atoms with Crippen LogP contribution in [0.25, 0.3) is 11.0 Å². The lowest BCUT2D eigenvalue weighted by atomic mass is 10.0. The number of ketones is 1. The second-order valence-electron chi connectivity index (χ2n) is 6.21. The van der Waals surface area contributed by atoms with Gasteiger partial charge in [-0.25, -0.2) is 4.79 Å². The van der Waals surface area contributed by atoms with Crippen LogP contribution in [-0.4, -0.2) is 11.7 Å². The Labute approximate surface area is 160 Å². The molecule has 5 nitrogen and oxygen atoms in total.